The number of hydrogen-bond acceptors (Lipinski definition) is 3. The SMILES string of the molecule is CCCNC(COc1ccccc1)Cc1nccn1C. The van der Waals surface area contributed by atoms with Crippen LogP contribution in [0.2, 0.25) is 0 Å². The van der Waals surface area contributed by atoms with Crippen LogP contribution in [0.15, 0.2) is 42.7 Å². The van der Waals surface area contributed by atoms with Gasteiger partial charge in [-0.3, -0.25) is 0 Å². The average molecular weight is 273 g/mol. The fourth-order valence-corrected chi connectivity index (χ4v) is 2.07. The molecule has 1 unspecified atom stereocenters. The van der Waals surface area contributed by atoms with E-state index in [1.165, 1.54) is 0 Å². The molecule has 0 amide bonds. The van der Waals surface area contributed by atoms with Crippen molar-refractivity contribution in [2.75, 3.05) is 13.2 Å². The van der Waals surface area contributed by atoms with E-state index in [0.717, 1.165) is 31.0 Å². The molecule has 0 aliphatic carbocycles. The monoisotopic (exact) mass is 273 g/mol. The molecule has 108 valence electrons. The fourth-order valence-electron chi connectivity index (χ4n) is 2.07. The van der Waals surface area contributed by atoms with Crippen LogP contribution in [0.1, 0.15) is 19.2 Å². The molecule has 0 aliphatic rings. The Bertz CT molecular complexity index is 495. The van der Waals surface area contributed by atoms with E-state index in [-0.39, 0.29) is 6.04 Å². The molecule has 2 rings (SSSR count). The van der Waals surface area contributed by atoms with E-state index in [1.54, 1.807) is 0 Å². The van der Waals surface area contributed by atoms with Crippen LogP contribution in [0.25, 0.3) is 0 Å². The van der Waals surface area contributed by atoms with Gasteiger partial charge < -0.3 is 14.6 Å². The molecular formula is C16H23N3O. The number of aromatic nitrogens is 2. The highest BCUT2D eigenvalue weighted by Gasteiger charge is 2.12. The highest BCUT2D eigenvalue weighted by Crippen LogP contribution is 2.09. The van der Waals surface area contributed by atoms with Crippen molar-refractivity contribution in [1.82, 2.24) is 14.9 Å². The summed E-state index contributed by atoms with van der Waals surface area (Å²) >= 11 is 0. The Labute approximate surface area is 120 Å². The lowest BCUT2D eigenvalue weighted by Crippen LogP contribution is -2.37. The second-order valence-electron chi connectivity index (χ2n) is 4.93. The summed E-state index contributed by atoms with van der Waals surface area (Å²) < 4.78 is 7.91. The molecule has 1 N–H and O–H groups in total. The van der Waals surface area contributed by atoms with Crippen LogP contribution >= 0.6 is 0 Å². The number of nitrogens with one attached hydrogen (secondary N) is 1. The van der Waals surface area contributed by atoms with E-state index in [9.17, 15) is 0 Å². The fraction of sp³-hybridized carbons (Fsp3) is 0.438. The lowest BCUT2D eigenvalue weighted by molar-refractivity contribution is 0.261. The number of para-hydroxylation sites is 1. The zero-order valence-electron chi connectivity index (χ0n) is 12.2. The number of nitrogens with zero attached hydrogens (tertiary/aromatic N) is 2. The Hall–Kier alpha value is -1.81. The molecule has 2 aromatic rings. The number of imidazole rings is 1. The molecule has 4 heteroatoms. The van der Waals surface area contributed by atoms with Crippen molar-refractivity contribution in [3.05, 3.63) is 48.5 Å². The summed E-state index contributed by atoms with van der Waals surface area (Å²) in [5.74, 6) is 1.99. The number of hydrogen-bond donors (Lipinski definition) is 1. The van der Waals surface area contributed by atoms with Gasteiger partial charge in [0.05, 0.1) is 0 Å². The van der Waals surface area contributed by atoms with Gasteiger partial charge in [-0.05, 0) is 25.1 Å². The Morgan fingerprint density at radius 1 is 1.30 bits per heavy atom. The molecule has 4 nitrogen and oxygen atoms in total. The lowest BCUT2D eigenvalue weighted by Gasteiger charge is -2.19. The molecule has 1 aromatic carbocycles. The zero-order chi connectivity index (χ0) is 14.2. The molecule has 1 heterocycles. The van der Waals surface area contributed by atoms with Crippen LogP contribution in [0, 0.1) is 0 Å². The normalized spacial score (nSPS) is 12.3. The second-order valence-corrected chi connectivity index (χ2v) is 4.93. The number of rotatable bonds is 8. The smallest absolute Gasteiger partial charge is 0.119 e. The quantitative estimate of drug-likeness (QED) is 0.803. The number of aryl methyl sites for hydroxylation is 1. The molecule has 0 bridgehead atoms. The maximum absolute atomic E-state index is 5.85. The van der Waals surface area contributed by atoms with Crippen molar-refractivity contribution >= 4 is 0 Å². The largest absolute Gasteiger partial charge is 0.492 e. The van der Waals surface area contributed by atoms with Crippen LogP contribution in [-0.4, -0.2) is 28.7 Å². The van der Waals surface area contributed by atoms with E-state index >= 15 is 0 Å². The van der Waals surface area contributed by atoms with E-state index in [4.69, 9.17) is 4.74 Å². The van der Waals surface area contributed by atoms with Gasteiger partial charge in [-0.25, -0.2) is 4.98 Å². The van der Waals surface area contributed by atoms with E-state index in [2.05, 4.69) is 21.8 Å². The Morgan fingerprint density at radius 3 is 2.75 bits per heavy atom. The van der Waals surface area contributed by atoms with Crippen molar-refractivity contribution in [2.24, 2.45) is 7.05 Å². The molecule has 0 spiro atoms. The molecule has 20 heavy (non-hydrogen) atoms. The van der Waals surface area contributed by atoms with E-state index in [1.807, 2.05) is 49.8 Å². The summed E-state index contributed by atoms with van der Waals surface area (Å²) in [4.78, 5) is 4.39. The third kappa shape index (κ3) is 4.38. The maximum atomic E-state index is 5.85. The van der Waals surface area contributed by atoms with Crippen molar-refractivity contribution in [3.63, 3.8) is 0 Å². The Morgan fingerprint density at radius 2 is 2.10 bits per heavy atom. The van der Waals surface area contributed by atoms with Gasteiger partial charge in [-0.1, -0.05) is 25.1 Å². The maximum Gasteiger partial charge on any atom is 0.119 e. The molecule has 0 radical (unpaired) electrons. The predicted octanol–water partition coefficient (Wildman–Crippen LogP) is 2.41. The minimum Gasteiger partial charge on any atom is -0.492 e. The van der Waals surface area contributed by atoms with Crippen LogP contribution in [0.3, 0.4) is 0 Å². The number of ether oxygens (including phenoxy) is 1. The highest BCUT2D eigenvalue weighted by atomic mass is 16.5. The van der Waals surface area contributed by atoms with Gasteiger partial charge in [-0.2, -0.15) is 0 Å². The predicted molar refractivity (Wildman–Crippen MR) is 80.9 cm³/mol. The van der Waals surface area contributed by atoms with Crippen molar-refractivity contribution in [3.8, 4) is 5.75 Å². The first-order chi connectivity index (χ1) is 9.79. The van der Waals surface area contributed by atoms with Gasteiger partial charge >= 0.3 is 0 Å². The molecule has 1 aromatic heterocycles. The summed E-state index contributed by atoms with van der Waals surface area (Å²) in [5.41, 5.74) is 0. The van der Waals surface area contributed by atoms with Gasteiger partial charge in [0.2, 0.25) is 0 Å². The van der Waals surface area contributed by atoms with Crippen LogP contribution < -0.4 is 10.1 Å². The van der Waals surface area contributed by atoms with Gasteiger partial charge in [0, 0.05) is 31.9 Å². The molecule has 0 saturated heterocycles. The minimum atomic E-state index is 0.274. The number of benzene rings is 1. The van der Waals surface area contributed by atoms with Crippen LogP contribution in [-0.2, 0) is 13.5 Å². The molecular weight excluding hydrogens is 250 g/mol. The van der Waals surface area contributed by atoms with Crippen molar-refractivity contribution < 1.29 is 4.74 Å². The summed E-state index contributed by atoms with van der Waals surface area (Å²) in [5, 5.41) is 3.53. The van der Waals surface area contributed by atoms with Crippen LogP contribution in [0.5, 0.6) is 5.75 Å². The summed E-state index contributed by atoms with van der Waals surface area (Å²) in [6.07, 6.45) is 5.80. The molecule has 0 saturated carbocycles. The Balaban J connectivity index is 1.91. The Kier molecular flexibility index (Phi) is 5.62. The average Bonchev–Trinajstić information content (AvgIpc) is 2.88. The van der Waals surface area contributed by atoms with Crippen molar-refractivity contribution in [1.29, 1.82) is 0 Å². The zero-order valence-corrected chi connectivity index (χ0v) is 12.2. The first-order valence-corrected chi connectivity index (χ1v) is 7.17. The second kappa shape index (κ2) is 7.70. The molecule has 0 fully saturated rings. The summed E-state index contributed by atoms with van der Waals surface area (Å²) in [6, 6.07) is 10.2. The van der Waals surface area contributed by atoms with Gasteiger partial charge in [0.15, 0.2) is 0 Å². The lowest BCUT2D eigenvalue weighted by atomic mass is 10.2. The van der Waals surface area contributed by atoms with Gasteiger partial charge in [0.1, 0.15) is 18.2 Å². The van der Waals surface area contributed by atoms with E-state index < -0.39 is 0 Å². The first kappa shape index (κ1) is 14.6. The molecule has 0 aliphatic heterocycles. The molecule has 1 atom stereocenters. The first-order valence-electron chi connectivity index (χ1n) is 7.17. The highest BCUT2D eigenvalue weighted by molar-refractivity contribution is 5.21. The third-order valence-corrected chi connectivity index (χ3v) is 3.23. The standard InChI is InChI=1S/C16H23N3O/c1-3-9-17-14(12-16-18-10-11-19(16)2)13-20-15-7-5-4-6-8-15/h4-8,10-11,14,17H,3,9,12-13H2,1-2H3. The minimum absolute atomic E-state index is 0.274. The summed E-state index contributed by atoms with van der Waals surface area (Å²) in [7, 11) is 2.03. The van der Waals surface area contributed by atoms with Gasteiger partial charge in [0.25, 0.3) is 0 Å². The third-order valence-electron chi connectivity index (χ3n) is 3.23. The van der Waals surface area contributed by atoms with Crippen LogP contribution in [0.4, 0.5) is 0 Å². The van der Waals surface area contributed by atoms with Gasteiger partial charge in [-0.15, -0.1) is 0 Å². The summed E-state index contributed by atoms with van der Waals surface area (Å²) in [6.45, 7) is 3.81. The van der Waals surface area contributed by atoms with E-state index in [0.29, 0.717) is 6.61 Å². The topological polar surface area (TPSA) is 39.1 Å². The van der Waals surface area contributed by atoms with Crippen molar-refractivity contribution in [2.45, 2.75) is 25.8 Å².